The Morgan fingerprint density at radius 1 is 1.35 bits per heavy atom. The van der Waals surface area contributed by atoms with E-state index in [9.17, 15) is 0 Å². The maximum Gasteiger partial charge on any atom is 0.170 e. The molecule has 104 valence electrons. The average molecular weight is 286 g/mol. The van der Waals surface area contributed by atoms with Gasteiger partial charge in [-0.3, -0.25) is 4.98 Å². The van der Waals surface area contributed by atoms with Crippen molar-refractivity contribution in [3.63, 3.8) is 0 Å². The molecule has 3 rings (SSSR count). The Labute approximate surface area is 124 Å². The third-order valence-corrected chi connectivity index (χ3v) is 4.09. The number of thiocarbonyl (C=S) groups is 1. The quantitative estimate of drug-likeness (QED) is 0.879. The summed E-state index contributed by atoms with van der Waals surface area (Å²) in [7, 11) is 2.04. The Kier molecular flexibility index (Phi) is 3.44. The van der Waals surface area contributed by atoms with E-state index in [4.69, 9.17) is 12.2 Å². The molecule has 1 aliphatic heterocycles. The van der Waals surface area contributed by atoms with Crippen molar-refractivity contribution >= 4 is 17.3 Å². The van der Waals surface area contributed by atoms with E-state index in [2.05, 4.69) is 51.2 Å². The highest BCUT2D eigenvalue weighted by Gasteiger charge is 2.39. The van der Waals surface area contributed by atoms with E-state index in [0.717, 1.165) is 17.4 Å². The van der Waals surface area contributed by atoms with E-state index < -0.39 is 0 Å². The highest BCUT2D eigenvalue weighted by molar-refractivity contribution is 7.80. The summed E-state index contributed by atoms with van der Waals surface area (Å²) in [6, 6.07) is 8.46. The molecule has 0 bridgehead atoms. The van der Waals surface area contributed by atoms with Crippen molar-refractivity contribution in [1.29, 1.82) is 0 Å². The molecule has 0 unspecified atom stereocenters. The zero-order chi connectivity index (χ0) is 14.1. The average Bonchev–Trinajstić information content (AvgIpc) is 3.03. The fourth-order valence-corrected chi connectivity index (χ4v) is 3.18. The summed E-state index contributed by atoms with van der Waals surface area (Å²) in [5.41, 5.74) is 2.29. The van der Waals surface area contributed by atoms with Gasteiger partial charge in [-0.1, -0.05) is 6.07 Å². The second-order valence-electron chi connectivity index (χ2n) is 5.02. The molecule has 1 saturated heterocycles. The molecule has 2 atom stereocenters. The highest BCUT2D eigenvalue weighted by atomic mass is 32.1. The third kappa shape index (κ3) is 2.18. The van der Waals surface area contributed by atoms with Crippen LogP contribution in [0.5, 0.6) is 0 Å². The maximum absolute atomic E-state index is 5.48. The van der Waals surface area contributed by atoms with Gasteiger partial charge in [0.05, 0.1) is 17.8 Å². The summed E-state index contributed by atoms with van der Waals surface area (Å²) in [5, 5.41) is 4.22. The zero-order valence-electron chi connectivity index (χ0n) is 11.7. The molecule has 0 aromatic carbocycles. The van der Waals surface area contributed by atoms with Gasteiger partial charge in [-0.2, -0.15) is 0 Å². The normalized spacial score (nSPS) is 22.1. The monoisotopic (exact) mass is 286 g/mol. The fraction of sp³-hybridized carbons (Fsp3) is 0.333. The van der Waals surface area contributed by atoms with Crippen LogP contribution in [0.4, 0.5) is 0 Å². The van der Waals surface area contributed by atoms with Crippen molar-refractivity contribution < 1.29 is 0 Å². The molecule has 1 aliphatic rings. The highest BCUT2D eigenvalue weighted by Crippen LogP contribution is 2.38. The first-order chi connectivity index (χ1) is 9.70. The van der Waals surface area contributed by atoms with Crippen LogP contribution in [0.15, 0.2) is 42.9 Å². The molecule has 0 aliphatic carbocycles. The number of nitrogens with zero attached hydrogens (tertiary/aromatic N) is 3. The van der Waals surface area contributed by atoms with Crippen molar-refractivity contribution in [2.75, 3.05) is 6.54 Å². The van der Waals surface area contributed by atoms with Crippen LogP contribution in [0.2, 0.25) is 0 Å². The number of hydrogen-bond donors (Lipinski definition) is 1. The number of rotatable bonds is 3. The predicted molar refractivity (Wildman–Crippen MR) is 83.2 cm³/mol. The van der Waals surface area contributed by atoms with E-state index in [1.165, 1.54) is 5.56 Å². The first-order valence-corrected chi connectivity index (χ1v) is 7.21. The number of hydrogen-bond acceptors (Lipinski definition) is 2. The summed E-state index contributed by atoms with van der Waals surface area (Å²) in [6.45, 7) is 3.01. The standard InChI is InChI=1S/C15H18N4S/c1-3-19-14(11-7-9-18(2)10-11)13(17-15(19)20)12-6-4-5-8-16-12/h4-10,13-14H,3H2,1-2H3,(H,17,20)/t13-,14-/m1/s1. The summed E-state index contributed by atoms with van der Waals surface area (Å²) in [4.78, 5) is 6.72. The van der Waals surface area contributed by atoms with Gasteiger partial charge in [-0.05, 0) is 42.9 Å². The van der Waals surface area contributed by atoms with Gasteiger partial charge in [-0.25, -0.2) is 0 Å². The largest absolute Gasteiger partial charge is 0.357 e. The molecule has 1 N–H and O–H groups in total. The van der Waals surface area contributed by atoms with E-state index in [0.29, 0.717) is 0 Å². The predicted octanol–water partition coefficient (Wildman–Crippen LogP) is 2.41. The van der Waals surface area contributed by atoms with Crippen LogP contribution in [-0.2, 0) is 7.05 Å². The summed E-state index contributed by atoms with van der Waals surface area (Å²) in [5.74, 6) is 0. The SMILES string of the molecule is CCN1C(=S)N[C@H](c2ccccn2)[C@H]1c1ccn(C)c1. The van der Waals surface area contributed by atoms with Crippen molar-refractivity contribution in [2.45, 2.75) is 19.0 Å². The van der Waals surface area contributed by atoms with Crippen LogP contribution >= 0.6 is 12.2 Å². The molecule has 2 aromatic heterocycles. The number of pyridine rings is 1. The third-order valence-electron chi connectivity index (χ3n) is 3.73. The van der Waals surface area contributed by atoms with Gasteiger partial charge in [0.15, 0.2) is 5.11 Å². The van der Waals surface area contributed by atoms with Crippen LogP contribution in [-0.4, -0.2) is 26.1 Å². The Morgan fingerprint density at radius 2 is 2.20 bits per heavy atom. The minimum atomic E-state index is 0.103. The van der Waals surface area contributed by atoms with Crippen LogP contribution < -0.4 is 5.32 Å². The van der Waals surface area contributed by atoms with Crippen molar-refractivity contribution in [3.05, 3.63) is 54.1 Å². The van der Waals surface area contributed by atoms with Crippen molar-refractivity contribution in [1.82, 2.24) is 19.8 Å². The molecular formula is C15H18N4S. The van der Waals surface area contributed by atoms with E-state index in [1.54, 1.807) is 0 Å². The Bertz CT molecular complexity index is 607. The number of likely N-dealkylation sites (N-methyl/N-ethyl adjacent to an activating group) is 1. The maximum atomic E-state index is 5.48. The van der Waals surface area contributed by atoms with Crippen LogP contribution in [0.3, 0.4) is 0 Å². The number of aryl methyl sites for hydroxylation is 1. The van der Waals surface area contributed by atoms with Crippen LogP contribution in [0.1, 0.15) is 30.3 Å². The summed E-state index contributed by atoms with van der Waals surface area (Å²) in [6.07, 6.45) is 6.05. The molecule has 3 heterocycles. The lowest BCUT2D eigenvalue weighted by atomic mass is 9.99. The first-order valence-electron chi connectivity index (χ1n) is 6.80. The lowest BCUT2D eigenvalue weighted by Gasteiger charge is -2.25. The van der Waals surface area contributed by atoms with Gasteiger partial charge in [0, 0.05) is 32.2 Å². The summed E-state index contributed by atoms with van der Waals surface area (Å²) < 4.78 is 2.07. The Hall–Kier alpha value is -1.88. The molecule has 20 heavy (non-hydrogen) atoms. The zero-order valence-corrected chi connectivity index (χ0v) is 12.5. The van der Waals surface area contributed by atoms with E-state index in [-0.39, 0.29) is 12.1 Å². The van der Waals surface area contributed by atoms with Crippen molar-refractivity contribution in [3.8, 4) is 0 Å². The fourth-order valence-electron chi connectivity index (χ4n) is 2.81. The molecule has 1 fully saturated rings. The van der Waals surface area contributed by atoms with Gasteiger partial charge in [0.2, 0.25) is 0 Å². The van der Waals surface area contributed by atoms with Gasteiger partial charge in [0.25, 0.3) is 0 Å². The molecule has 5 heteroatoms. The topological polar surface area (TPSA) is 33.1 Å². The molecule has 0 amide bonds. The lowest BCUT2D eigenvalue weighted by Crippen LogP contribution is -2.29. The van der Waals surface area contributed by atoms with Crippen LogP contribution in [0, 0.1) is 0 Å². The van der Waals surface area contributed by atoms with Gasteiger partial charge >= 0.3 is 0 Å². The molecule has 4 nitrogen and oxygen atoms in total. The number of aromatic nitrogens is 2. The van der Waals surface area contributed by atoms with Gasteiger partial charge < -0.3 is 14.8 Å². The first kappa shape index (κ1) is 13.1. The molecule has 0 spiro atoms. The lowest BCUT2D eigenvalue weighted by molar-refractivity contribution is 0.330. The van der Waals surface area contributed by atoms with Gasteiger partial charge in [0.1, 0.15) is 0 Å². The second-order valence-corrected chi connectivity index (χ2v) is 5.41. The van der Waals surface area contributed by atoms with E-state index >= 15 is 0 Å². The Balaban J connectivity index is 2.02. The smallest absolute Gasteiger partial charge is 0.170 e. The molecule has 0 saturated carbocycles. The van der Waals surface area contributed by atoms with Crippen LogP contribution in [0.25, 0.3) is 0 Å². The molecular weight excluding hydrogens is 268 g/mol. The van der Waals surface area contributed by atoms with Gasteiger partial charge in [-0.15, -0.1) is 0 Å². The summed E-state index contributed by atoms with van der Waals surface area (Å²) >= 11 is 5.48. The van der Waals surface area contributed by atoms with E-state index in [1.807, 2.05) is 25.4 Å². The molecule has 2 aromatic rings. The minimum Gasteiger partial charge on any atom is -0.357 e. The number of nitrogens with one attached hydrogen (secondary N) is 1. The second kappa shape index (κ2) is 5.25. The minimum absolute atomic E-state index is 0.103. The molecule has 0 radical (unpaired) electrons. The van der Waals surface area contributed by atoms with Crippen molar-refractivity contribution in [2.24, 2.45) is 7.05 Å². The Morgan fingerprint density at radius 3 is 2.80 bits per heavy atom.